The van der Waals surface area contributed by atoms with Gasteiger partial charge in [-0.3, -0.25) is 9.69 Å². The number of hydrogen-bond acceptors (Lipinski definition) is 9. The molecule has 2 unspecified atom stereocenters. The van der Waals surface area contributed by atoms with Gasteiger partial charge in [0.1, 0.15) is 17.1 Å². The SMILES string of the molecule is CC1(Cc2nnc(C(c3nc4ccc(-c5ccccc5)cc4s3)S(C)(=O)=O)o2)NC(=O)N(CC(F)(F)F)C1=O. The lowest BCUT2D eigenvalue weighted by Crippen LogP contribution is -2.46. The topological polar surface area (TPSA) is 135 Å². The van der Waals surface area contributed by atoms with Crippen molar-refractivity contribution < 1.29 is 35.6 Å². The summed E-state index contributed by atoms with van der Waals surface area (Å²) in [4.78, 5) is 29.2. The van der Waals surface area contributed by atoms with Crippen molar-refractivity contribution in [2.24, 2.45) is 0 Å². The average molecular weight is 580 g/mol. The van der Waals surface area contributed by atoms with E-state index in [4.69, 9.17) is 4.42 Å². The molecule has 204 valence electrons. The van der Waals surface area contributed by atoms with Crippen molar-refractivity contribution in [3.63, 3.8) is 0 Å². The van der Waals surface area contributed by atoms with Crippen molar-refractivity contribution in [1.29, 1.82) is 0 Å². The lowest BCUT2D eigenvalue weighted by atomic mass is 9.98. The minimum atomic E-state index is -4.78. The summed E-state index contributed by atoms with van der Waals surface area (Å²) in [5.74, 6) is -1.68. The first kappa shape index (κ1) is 26.7. The first-order valence-corrected chi connectivity index (χ1v) is 14.2. The van der Waals surface area contributed by atoms with Crippen molar-refractivity contribution in [2.45, 2.75) is 30.3 Å². The number of benzene rings is 2. The van der Waals surface area contributed by atoms with Crippen molar-refractivity contribution in [3.05, 3.63) is 65.3 Å². The van der Waals surface area contributed by atoms with E-state index in [0.717, 1.165) is 33.4 Å². The minimum Gasteiger partial charge on any atom is -0.423 e. The van der Waals surface area contributed by atoms with Gasteiger partial charge in [-0.25, -0.2) is 18.2 Å². The number of aromatic nitrogens is 3. The first-order chi connectivity index (χ1) is 18.2. The van der Waals surface area contributed by atoms with Crippen LogP contribution >= 0.6 is 11.3 Å². The Morgan fingerprint density at radius 1 is 1.10 bits per heavy atom. The summed E-state index contributed by atoms with van der Waals surface area (Å²) in [6.07, 6.45) is -4.24. The highest BCUT2D eigenvalue weighted by Crippen LogP contribution is 2.37. The van der Waals surface area contributed by atoms with E-state index in [1.807, 2.05) is 42.5 Å². The molecule has 1 aliphatic rings. The maximum Gasteiger partial charge on any atom is 0.406 e. The highest BCUT2D eigenvalue weighted by Gasteiger charge is 2.52. The zero-order valence-electron chi connectivity index (χ0n) is 20.4. The van der Waals surface area contributed by atoms with Crippen molar-refractivity contribution in [3.8, 4) is 11.1 Å². The number of rotatable bonds is 7. The zero-order chi connectivity index (χ0) is 28.2. The lowest BCUT2D eigenvalue weighted by Gasteiger charge is -2.20. The van der Waals surface area contributed by atoms with Crippen LogP contribution in [0.5, 0.6) is 0 Å². The molecule has 10 nitrogen and oxygen atoms in total. The Labute approximate surface area is 223 Å². The fourth-order valence-corrected chi connectivity index (χ4v) is 6.80. The first-order valence-electron chi connectivity index (χ1n) is 11.4. The van der Waals surface area contributed by atoms with Crippen LogP contribution in [0.3, 0.4) is 0 Å². The molecule has 3 heterocycles. The van der Waals surface area contributed by atoms with Crippen LogP contribution in [0.25, 0.3) is 21.3 Å². The van der Waals surface area contributed by atoms with Crippen LogP contribution in [0.4, 0.5) is 18.0 Å². The summed E-state index contributed by atoms with van der Waals surface area (Å²) in [7, 11) is -3.88. The van der Waals surface area contributed by atoms with Crippen LogP contribution in [0.1, 0.15) is 29.0 Å². The smallest absolute Gasteiger partial charge is 0.406 e. The van der Waals surface area contributed by atoms with Crippen LogP contribution in [-0.2, 0) is 21.1 Å². The number of hydrogen-bond donors (Lipinski definition) is 1. The Balaban J connectivity index is 1.44. The lowest BCUT2D eigenvalue weighted by molar-refractivity contribution is -0.154. The summed E-state index contributed by atoms with van der Waals surface area (Å²) in [6.45, 7) is -0.526. The van der Waals surface area contributed by atoms with E-state index in [1.54, 1.807) is 6.07 Å². The molecular formula is C24H20F3N5O5S2. The number of thiazole rings is 1. The molecule has 0 spiro atoms. The van der Waals surface area contributed by atoms with E-state index in [-0.39, 0.29) is 21.7 Å². The number of imide groups is 1. The van der Waals surface area contributed by atoms with Crippen LogP contribution in [0.2, 0.25) is 0 Å². The second-order valence-corrected chi connectivity index (χ2v) is 12.5. The summed E-state index contributed by atoms with van der Waals surface area (Å²) in [5.41, 5.74) is 0.674. The fourth-order valence-electron chi connectivity index (χ4n) is 4.27. The van der Waals surface area contributed by atoms with E-state index in [9.17, 15) is 31.2 Å². The number of halogens is 3. The third-order valence-electron chi connectivity index (χ3n) is 6.06. The van der Waals surface area contributed by atoms with E-state index >= 15 is 0 Å². The number of urea groups is 1. The van der Waals surface area contributed by atoms with Gasteiger partial charge in [-0.15, -0.1) is 21.5 Å². The van der Waals surface area contributed by atoms with E-state index < -0.39 is 51.7 Å². The predicted molar refractivity (Wildman–Crippen MR) is 134 cm³/mol. The van der Waals surface area contributed by atoms with Crippen molar-refractivity contribution in [2.75, 3.05) is 12.8 Å². The summed E-state index contributed by atoms with van der Waals surface area (Å²) in [6, 6.07) is 13.9. The highest BCUT2D eigenvalue weighted by molar-refractivity contribution is 7.91. The molecule has 1 aliphatic heterocycles. The van der Waals surface area contributed by atoms with Crippen molar-refractivity contribution in [1.82, 2.24) is 25.4 Å². The molecule has 0 saturated carbocycles. The monoisotopic (exact) mass is 579 g/mol. The summed E-state index contributed by atoms with van der Waals surface area (Å²) >= 11 is 1.14. The minimum absolute atomic E-state index is 0.0570. The van der Waals surface area contributed by atoms with Gasteiger partial charge >= 0.3 is 12.2 Å². The summed E-state index contributed by atoms with van der Waals surface area (Å²) in [5, 5.41) is 8.63. The summed E-state index contributed by atoms with van der Waals surface area (Å²) < 4.78 is 70.3. The second kappa shape index (κ2) is 9.41. The number of sulfone groups is 1. The van der Waals surface area contributed by atoms with Gasteiger partial charge in [-0.1, -0.05) is 36.4 Å². The molecule has 0 aliphatic carbocycles. The van der Waals surface area contributed by atoms with Gasteiger partial charge in [0, 0.05) is 6.26 Å². The van der Waals surface area contributed by atoms with Crippen LogP contribution in [-0.4, -0.2) is 65.0 Å². The number of carbonyl (C=O) groups excluding carboxylic acids is 2. The van der Waals surface area contributed by atoms with Crippen LogP contribution in [0.15, 0.2) is 52.9 Å². The van der Waals surface area contributed by atoms with Gasteiger partial charge < -0.3 is 9.73 Å². The maximum atomic E-state index is 12.8. The average Bonchev–Trinajstić information content (AvgIpc) is 3.51. The molecule has 2 aromatic carbocycles. The number of amides is 3. The molecule has 4 aromatic rings. The molecule has 15 heteroatoms. The number of fused-ring (bicyclic) bond motifs is 1. The number of carbonyl (C=O) groups is 2. The third-order valence-corrected chi connectivity index (χ3v) is 8.57. The van der Waals surface area contributed by atoms with Gasteiger partial charge in [0.25, 0.3) is 5.91 Å². The molecular weight excluding hydrogens is 559 g/mol. The van der Waals surface area contributed by atoms with Gasteiger partial charge in [0.15, 0.2) is 15.1 Å². The van der Waals surface area contributed by atoms with Gasteiger partial charge in [0.05, 0.1) is 16.6 Å². The standard InChI is InChI=1S/C24H20F3N5O5S2/c1-23(21(33)32(22(34)29-23)12-24(25,26)27)11-17-30-31-19(37-17)18(39(2,35)36)20-28-15-9-8-14(10-16(15)38-20)13-6-4-3-5-7-13/h3-10,18H,11-12H2,1-2H3,(H,29,34). The van der Waals surface area contributed by atoms with E-state index in [0.29, 0.717) is 5.52 Å². The molecule has 5 rings (SSSR count). The molecule has 39 heavy (non-hydrogen) atoms. The molecule has 2 aromatic heterocycles. The Morgan fingerprint density at radius 3 is 2.49 bits per heavy atom. The zero-order valence-corrected chi connectivity index (χ0v) is 22.0. The molecule has 1 N–H and O–H groups in total. The van der Waals surface area contributed by atoms with E-state index in [2.05, 4.69) is 20.5 Å². The highest BCUT2D eigenvalue weighted by atomic mass is 32.2. The Hall–Kier alpha value is -3.85. The normalized spacial score (nSPS) is 19.1. The quantitative estimate of drug-likeness (QED) is 0.326. The van der Waals surface area contributed by atoms with Gasteiger partial charge in [0.2, 0.25) is 11.8 Å². The molecule has 2 atom stereocenters. The molecule has 1 fully saturated rings. The van der Waals surface area contributed by atoms with Crippen LogP contribution < -0.4 is 5.32 Å². The second-order valence-electron chi connectivity index (χ2n) is 9.29. The number of alkyl halides is 3. The number of nitrogens with zero attached hydrogens (tertiary/aromatic N) is 4. The van der Waals surface area contributed by atoms with E-state index in [1.165, 1.54) is 6.92 Å². The predicted octanol–water partition coefficient (Wildman–Crippen LogP) is 3.90. The van der Waals surface area contributed by atoms with Gasteiger partial charge in [-0.05, 0) is 30.2 Å². The largest absolute Gasteiger partial charge is 0.423 e. The Kier molecular flexibility index (Phi) is 6.45. The molecule has 0 bridgehead atoms. The fraction of sp³-hybridized carbons (Fsp3) is 0.292. The Morgan fingerprint density at radius 2 is 1.82 bits per heavy atom. The number of nitrogens with one attached hydrogen (secondary N) is 1. The molecule has 0 radical (unpaired) electrons. The maximum absolute atomic E-state index is 12.8. The third kappa shape index (κ3) is 5.36. The van der Waals surface area contributed by atoms with Gasteiger partial charge in [-0.2, -0.15) is 13.2 Å². The molecule has 3 amide bonds. The molecule has 1 saturated heterocycles. The van der Waals surface area contributed by atoms with Crippen LogP contribution in [0, 0.1) is 0 Å². The Bertz CT molecular complexity index is 1690. The van der Waals surface area contributed by atoms with Crippen molar-refractivity contribution >= 4 is 43.3 Å².